The van der Waals surface area contributed by atoms with Crippen LogP contribution in [0.4, 0.5) is 0 Å². The minimum atomic E-state index is -0.0889. The first-order chi connectivity index (χ1) is 9.61. The van der Waals surface area contributed by atoms with Gasteiger partial charge in [0.15, 0.2) is 5.84 Å². The van der Waals surface area contributed by atoms with Crippen molar-refractivity contribution in [2.45, 2.75) is 38.6 Å². The van der Waals surface area contributed by atoms with E-state index in [1.807, 2.05) is 6.92 Å². The number of nitrogens with two attached hydrogens (primary N) is 1. The molecule has 1 aromatic heterocycles. The van der Waals surface area contributed by atoms with Gasteiger partial charge in [0.25, 0.3) is 5.91 Å². The van der Waals surface area contributed by atoms with Gasteiger partial charge in [0.2, 0.25) is 0 Å². The number of pyridine rings is 1. The monoisotopic (exact) mass is 276 g/mol. The molecule has 1 amide bonds. The molecular formula is C14H20N4O2. The van der Waals surface area contributed by atoms with Crippen LogP contribution in [0.25, 0.3) is 0 Å². The second kappa shape index (κ2) is 6.36. The predicted molar refractivity (Wildman–Crippen MR) is 75.7 cm³/mol. The third-order valence-electron chi connectivity index (χ3n) is 3.63. The number of rotatable bonds is 4. The summed E-state index contributed by atoms with van der Waals surface area (Å²) < 4.78 is 0. The molecule has 1 fully saturated rings. The van der Waals surface area contributed by atoms with E-state index in [-0.39, 0.29) is 24.3 Å². The number of hydrogen-bond acceptors (Lipinski definition) is 4. The number of amidine groups is 1. The lowest BCUT2D eigenvalue weighted by Crippen LogP contribution is -2.44. The Bertz CT molecular complexity index is 510. The van der Waals surface area contributed by atoms with Crippen molar-refractivity contribution in [3.63, 3.8) is 0 Å². The van der Waals surface area contributed by atoms with Gasteiger partial charge in [0.05, 0.1) is 6.54 Å². The van der Waals surface area contributed by atoms with Gasteiger partial charge >= 0.3 is 0 Å². The van der Waals surface area contributed by atoms with Crippen LogP contribution in [0.3, 0.4) is 0 Å². The lowest BCUT2D eigenvalue weighted by atomic mass is 10.1. The summed E-state index contributed by atoms with van der Waals surface area (Å²) >= 11 is 0. The number of oxime groups is 1. The predicted octanol–water partition coefficient (Wildman–Crippen LogP) is 1.52. The molecule has 20 heavy (non-hydrogen) atoms. The Morgan fingerprint density at radius 3 is 2.85 bits per heavy atom. The minimum Gasteiger partial charge on any atom is -0.409 e. The highest BCUT2D eigenvalue weighted by atomic mass is 16.4. The lowest BCUT2D eigenvalue weighted by molar-refractivity contribution is 0.0712. The second-order valence-corrected chi connectivity index (χ2v) is 5.15. The van der Waals surface area contributed by atoms with Crippen molar-refractivity contribution < 1.29 is 10.0 Å². The molecule has 6 heteroatoms. The van der Waals surface area contributed by atoms with Gasteiger partial charge in [-0.3, -0.25) is 9.78 Å². The summed E-state index contributed by atoms with van der Waals surface area (Å²) in [6.45, 7) is 2.00. The number of nitrogens with zero attached hydrogens (tertiary/aromatic N) is 3. The number of hydrogen-bond donors (Lipinski definition) is 2. The molecule has 0 aromatic carbocycles. The Morgan fingerprint density at radius 1 is 1.55 bits per heavy atom. The van der Waals surface area contributed by atoms with Crippen molar-refractivity contribution in [3.05, 3.63) is 29.6 Å². The first-order valence-corrected chi connectivity index (χ1v) is 6.82. The van der Waals surface area contributed by atoms with E-state index >= 15 is 0 Å². The normalized spacial score (nSPS) is 16.4. The smallest absolute Gasteiger partial charge is 0.254 e. The molecule has 1 saturated carbocycles. The maximum Gasteiger partial charge on any atom is 0.254 e. The van der Waals surface area contributed by atoms with Gasteiger partial charge < -0.3 is 15.8 Å². The Balaban J connectivity index is 2.23. The highest BCUT2D eigenvalue weighted by Crippen LogP contribution is 2.24. The average molecular weight is 276 g/mol. The van der Waals surface area contributed by atoms with Crippen molar-refractivity contribution >= 4 is 11.7 Å². The summed E-state index contributed by atoms with van der Waals surface area (Å²) in [7, 11) is 0. The van der Waals surface area contributed by atoms with Gasteiger partial charge in [-0.05, 0) is 31.9 Å². The van der Waals surface area contributed by atoms with Gasteiger partial charge in [-0.1, -0.05) is 18.0 Å². The summed E-state index contributed by atoms with van der Waals surface area (Å²) in [6, 6.07) is 3.62. The molecule has 2 rings (SSSR count). The number of aromatic nitrogens is 1. The zero-order valence-corrected chi connectivity index (χ0v) is 11.6. The zero-order chi connectivity index (χ0) is 14.5. The van der Waals surface area contributed by atoms with Crippen LogP contribution in [0, 0.1) is 6.92 Å². The van der Waals surface area contributed by atoms with E-state index in [1.165, 1.54) is 0 Å². The van der Waals surface area contributed by atoms with Crippen molar-refractivity contribution in [1.82, 2.24) is 9.88 Å². The number of carbonyl (C=O) groups excluding carboxylic acids is 1. The summed E-state index contributed by atoms with van der Waals surface area (Å²) in [6.07, 6.45) is 5.78. The van der Waals surface area contributed by atoms with E-state index in [2.05, 4.69) is 10.1 Å². The first-order valence-electron chi connectivity index (χ1n) is 6.82. The highest BCUT2D eigenvalue weighted by Gasteiger charge is 2.28. The summed E-state index contributed by atoms with van der Waals surface area (Å²) in [4.78, 5) is 18.4. The molecule has 108 valence electrons. The van der Waals surface area contributed by atoms with Crippen LogP contribution in [-0.2, 0) is 0 Å². The third kappa shape index (κ3) is 3.26. The van der Waals surface area contributed by atoms with E-state index in [1.54, 1.807) is 23.2 Å². The van der Waals surface area contributed by atoms with Gasteiger partial charge in [-0.15, -0.1) is 0 Å². The molecule has 1 heterocycles. The van der Waals surface area contributed by atoms with E-state index < -0.39 is 0 Å². The summed E-state index contributed by atoms with van der Waals surface area (Å²) in [5.41, 5.74) is 6.97. The maximum absolute atomic E-state index is 12.6. The molecule has 1 aromatic rings. The largest absolute Gasteiger partial charge is 0.409 e. The fourth-order valence-electron chi connectivity index (χ4n) is 2.63. The number of amides is 1. The Morgan fingerprint density at radius 2 is 2.25 bits per heavy atom. The molecule has 3 N–H and O–H groups in total. The molecule has 6 nitrogen and oxygen atoms in total. The van der Waals surface area contributed by atoms with Crippen LogP contribution in [0.5, 0.6) is 0 Å². The van der Waals surface area contributed by atoms with Crippen LogP contribution in [0.1, 0.15) is 41.7 Å². The maximum atomic E-state index is 12.6. The molecule has 0 bridgehead atoms. The molecule has 0 unspecified atom stereocenters. The second-order valence-electron chi connectivity index (χ2n) is 5.15. The van der Waals surface area contributed by atoms with Crippen molar-refractivity contribution in [3.8, 4) is 0 Å². The molecule has 0 atom stereocenters. The van der Waals surface area contributed by atoms with E-state index in [4.69, 9.17) is 10.9 Å². The molecule has 0 saturated heterocycles. The molecule has 0 radical (unpaired) electrons. The van der Waals surface area contributed by atoms with Gasteiger partial charge in [-0.25, -0.2) is 0 Å². The van der Waals surface area contributed by atoms with E-state index in [9.17, 15) is 4.79 Å². The lowest BCUT2D eigenvalue weighted by Gasteiger charge is -2.28. The topological polar surface area (TPSA) is 91.8 Å². The molecule has 1 aliphatic carbocycles. The zero-order valence-electron chi connectivity index (χ0n) is 11.6. The van der Waals surface area contributed by atoms with Crippen LogP contribution < -0.4 is 5.73 Å². The summed E-state index contributed by atoms with van der Waals surface area (Å²) in [5.74, 6) is -0.0370. The Hall–Kier alpha value is -2.11. The number of carbonyl (C=O) groups is 1. The van der Waals surface area contributed by atoms with Crippen molar-refractivity contribution in [1.29, 1.82) is 0 Å². The van der Waals surface area contributed by atoms with Crippen molar-refractivity contribution in [2.24, 2.45) is 10.9 Å². The standard InChI is InChI=1S/C14H20N4O2/c1-10-8-11(6-7-16-10)14(19)18(9-13(15)17-20)12-4-2-3-5-12/h6-8,12,20H,2-5,9H2,1H3,(H2,15,17). The first kappa shape index (κ1) is 14.3. The summed E-state index contributed by atoms with van der Waals surface area (Å²) in [5, 5.41) is 11.7. The van der Waals surface area contributed by atoms with Crippen LogP contribution in [0.2, 0.25) is 0 Å². The third-order valence-corrected chi connectivity index (χ3v) is 3.63. The van der Waals surface area contributed by atoms with Crippen LogP contribution in [-0.4, -0.2) is 39.4 Å². The fourth-order valence-corrected chi connectivity index (χ4v) is 2.63. The quantitative estimate of drug-likeness (QED) is 0.377. The van der Waals surface area contributed by atoms with Crippen LogP contribution >= 0.6 is 0 Å². The van der Waals surface area contributed by atoms with E-state index in [0.717, 1.165) is 31.4 Å². The minimum absolute atomic E-state index is 0.0519. The molecule has 0 spiro atoms. The molecular weight excluding hydrogens is 256 g/mol. The Kier molecular flexibility index (Phi) is 4.55. The highest BCUT2D eigenvalue weighted by molar-refractivity contribution is 5.97. The Labute approximate surface area is 118 Å². The van der Waals surface area contributed by atoms with E-state index in [0.29, 0.717) is 5.56 Å². The molecule has 0 aliphatic heterocycles. The van der Waals surface area contributed by atoms with Crippen LogP contribution in [0.15, 0.2) is 23.5 Å². The fraction of sp³-hybridized carbons (Fsp3) is 0.500. The van der Waals surface area contributed by atoms with Crippen molar-refractivity contribution in [2.75, 3.05) is 6.54 Å². The molecule has 1 aliphatic rings. The van der Waals surface area contributed by atoms with Gasteiger partial charge in [0, 0.05) is 23.5 Å². The SMILES string of the molecule is Cc1cc(C(=O)N(C/C(N)=N/O)C2CCCC2)ccn1. The van der Waals surface area contributed by atoms with Gasteiger partial charge in [-0.2, -0.15) is 0 Å². The number of aryl methyl sites for hydroxylation is 1. The average Bonchev–Trinajstić information content (AvgIpc) is 2.97. The van der Waals surface area contributed by atoms with Gasteiger partial charge in [0.1, 0.15) is 0 Å².